The van der Waals surface area contributed by atoms with Crippen LogP contribution in [0.1, 0.15) is 26.7 Å². The second-order valence-electron chi connectivity index (χ2n) is 4.33. The van der Waals surface area contributed by atoms with Gasteiger partial charge in [-0.3, -0.25) is 4.79 Å². The first-order valence-electron chi connectivity index (χ1n) is 5.66. The fourth-order valence-corrected chi connectivity index (χ4v) is 1.84. The fourth-order valence-electron chi connectivity index (χ4n) is 1.84. The lowest BCUT2D eigenvalue weighted by Crippen LogP contribution is -2.44. The van der Waals surface area contributed by atoms with Crippen molar-refractivity contribution in [1.29, 1.82) is 0 Å². The van der Waals surface area contributed by atoms with Gasteiger partial charge in [-0.1, -0.05) is 19.9 Å². The third-order valence-corrected chi connectivity index (χ3v) is 2.63. The molecule has 1 amide bonds. The number of piperidine rings is 1. The van der Waals surface area contributed by atoms with Crippen LogP contribution < -0.4 is 0 Å². The number of rotatable bonds is 4. The molecule has 1 heterocycles. The molecule has 0 aromatic carbocycles. The largest absolute Gasteiger partial charge is 0.372 e. The number of nitrogens with zero attached hydrogens (tertiary/aromatic N) is 1. The Morgan fingerprint density at radius 3 is 3.00 bits per heavy atom. The van der Waals surface area contributed by atoms with Crippen LogP contribution in [0.15, 0.2) is 12.7 Å². The first-order valence-corrected chi connectivity index (χ1v) is 5.66. The van der Waals surface area contributed by atoms with Crippen LogP contribution in [0.5, 0.6) is 0 Å². The molecule has 1 fully saturated rings. The summed E-state index contributed by atoms with van der Waals surface area (Å²) in [5, 5.41) is 0. The van der Waals surface area contributed by atoms with Gasteiger partial charge >= 0.3 is 0 Å². The van der Waals surface area contributed by atoms with E-state index in [1.165, 1.54) is 0 Å². The Morgan fingerprint density at radius 1 is 1.67 bits per heavy atom. The predicted molar refractivity (Wildman–Crippen MR) is 60.6 cm³/mol. The molecule has 0 N–H and O–H groups in total. The van der Waals surface area contributed by atoms with Crippen LogP contribution in [-0.4, -0.2) is 36.6 Å². The van der Waals surface area contributed by atoms with E-state index in [2.05, 4.69) is 6.58 Å². The third kappa shape index (κ3) is 3.67. The lowest BCUT2D eigenvalue weighted by atomic mass is 10.1. The van der Waals surface area contributed by atoms with Crippen molar-refractivity contribution in [2.24, 2.45) is 5.92 Å². The summed E-state index contributed by atoms with van der Waals surface area (Å²) < 4.78 is 5.58. The third-order valence-electron chi connectivity index (χ3n) is 2.63. The van der Waals surface area contributed by atoms with Gasteiger partial charge in [0.25, 0.3) is 0 Å². The van der Waals surface area contributed by atoms with E-state index in [9.17, 15) is 4.79 Å². The maximum absolute atomic E-state index is 11.8. The molecule has 1 atom stereocenters. The molecule has 15 heavy (non-hydrogen) atoms. The highest BCUT2D eigenvalue weighted by Crippen LogP contribution is 2.15. The molecule has 3 heteroatoms. The van der Waals surface area contributed by atoms with Gasteiger partial charge in [-0.25, -0.2) is 0 Å². The second kappa shape index (κ2) is 5.91. The summed E-state index contributed by atoms with van der Waals surface area (Å²) >= 11 is 0. The molecule has 1 aliphatic rings. The van der Waals surface area contributed by atoms with Gasteiger partial charge in [-0.15, -0.1) is 6.58 Å². The molecule has 0 aromatic heterocycles. The SMILES string of the molecule is C=CCOC1CCCN(C(=O)C(C)C)C1. The highest BCUT2D eigenvalue weighted by Gasteiger charge is 2.25. The van der Waals surface area contributed by atoms with E-state index in [0.29, 0.717) is 6.61 Å². The van der Waals surface area contributed by atoms with Gasteiger partial charge < -0.3 is 9.64 Å². The molecule has 1 saturated heterocycles. The van der Waals surface area contributed by atoms with Crippen molar-refractivity contribution in [3.63, 3.8) is 0 Å². The van der Waals surface area contributed by atoms with Crippen molar-refractivity contribution < 1.29 is 9.53 Å². The average molecular weight is 211 g/mol. The lowest BCUT2D eigenvalue weighted by Gasteiger charge is -2.33. The number of likely N-dealkylation sites (tertiary alicyclic amines) is 1. The standard InChI is InChI=1S/C12H21NO2/c1-4-8-15-11-6-5-7-13(9-11)12(14)10(2)3/h4,10-11H,1,5-9H2,2-3H3. The molecular formula is C12H21NO2. The monoisotopic (exact) mass is 211 g/mol. The normalized spacial score (nSPS) is 21.8. The van der Waals surface area contributed by atoms with Crippen molar-refractivity contribution in [1.82, 2.24) is 4.90 Å². The summed E-state index contributed by atoms with van der Waals surface area (Å²) in [4.78, 5) is 13.7. The minimum atomic E-state index is 0.0863. The Labute approximate surface area is 92.1 Å². The molecule has 0 aromatic rings. The van der Waals surface area contributed by atoms with Crippen LogP contribution in [0.25, 0.3) is 0 Å². The molecule has 3 nitrogen and oxygen atoms in total. The van der Waals surface area contributed by atoms with Crippen molar-refractivity contribution in [3.8, 4) is 0 Å². The van der Waals surface area contributed by atoms with Gasteiger partial charge in [-0.05, 0) is 12.8 Å². The van der Waals surface area contributed by atoms with Crippen molar-refractivity contribution in [2.45, 2.75) is 32.8 Å². The van der Waals surface area contributed by atoms with Crippen LogP contribution in [0.4, 0.5) is 0 Å². The molecule has 1 aliphatic heterocycles. The van der Waals surface area contributed by atoms with E-state index >= 15 is 0 Å². The zero-order chi connectivity index (χ0) is 11.3. The number of hydrogen-bond acceptors (Lipinski definition) is 2. The Bertz CT molecular complexity index is 226. The van der Waals surface area contributed by atoms with Gasteiger partial charge in [0.1, 0.15) is 0 Å². The highest BCUT2D eigenvalue weighted by molar-refractivity contribution is 5.78. The first-order chi connectivity index (χ1) is 7.15. The van der Waals surface area contributed by atoms with Gasteiger partial charge in [-0.2, -0.15) is 0 Å². The lowest BCUT2D eigenvalue weighted by molar-refractivity contribution is -0.138. The number of carbonyl (C=O) groups excluding carboxylic acids is 1. The Hall–Kier alpha value is -0.830. The van der Waals surface area contributed by atoms with Gasteiger partial charge in [0, 0.05) is 19.0 Å². The number of ether oxygens (including phenoxy) is 1. The molecular weight excluding hydrogens is 190 g/mol. The van der Waals surface area contributed by atoms with E-state index in [-0.39, 0.29) is 17.9 Å². The molecule has 1 unspecified atom stereocenters. The van der Waals surface area contributed by atoms with Crippen molar-refractivity contribution in [2.75, 3.05) is 19.7 Å². The zero-order valence-corrected chi connectivity index (χ0v) is 9.74. The summed E-state index contributed by atoms with van der Waals surface area (Å²) in [5.41, 5.74) is 0. The van der Waals surface area contributed by atoms with E-state index in [0.717, 1.165) is 25.9 Å². The Balaban J connectivity index is 2.41. The van der Waals surface area contributed by atoms with Gasteiger partial charge in [0.15, 0.2) is 0 Å². The summed E-state index contributed by atoms with van der Waals surface area (Å²) in [6.07, 6.45) is 4.04. The van der Waals surface area contributed by atoms with Crippen LogP contribution in [0.3, 0.4) is 0 Å². The molecule has 86 valence electrons. The molecule has 1 rings (SSSR count). The quantitative estimate of drug-likeness (QED) is 0.664. The minimum Gasteiger partial charge on any atom is -0.372 e. The second-order valence-corrected chi connectivity index (χ2v) is 4.33. The fraction of sp³-hybridized carbons (Fsp3) is 0.750. The molecule has 0 radical (unpaired) electrons. The van der Waals surface area contributed by atoms with Crippen LogP contribution in [0.2, 0.25) is 0 Å². The summed E-state index contributed by atoms with van der Waals surface area (Å²) in [7, 11) is 0. The van der Waals surface area contributed by atoms with E-state index in [4.69, 9.17) is 4.74 Å². The number of carbonyl (C=O) groups is 1. The van der Waals surface area contributed by atoms with Crippen molar-refractivity contribution >= 4 is 5.91 Å². The summed E-state index contributed by atoms with van der Waals surface area (Å²) in [5.74, 6) is 0.324. The molecule has 0 bridgehead atoms. The molecule has 0 saturated carbocycles. The van der Waals surface area contributed by atoms with Gasteiger partial charge in [0.2, 0.25) is 5.91 Å². The van der Waals surface area contributed by atoms with E-state index in [1.807, 2.05) is 18.7 Å². The topological polar surface area (TPSA) is 29.5 Å². The number of amides is 1. The first kappa shape index (κ1) is 12.2. The Kier molecular flexibility index (Phi) is 4.82. The van der Waals surface area contributed by atoms with Crippen LogP contribution in [0, 0.1) is 5.92 Å². The maximum atomic E-state index is 11.8. The minimum absolute atomic E-state index is 0.0863. The predicted octanol–water partition coefficient (Wildman–Crippen LogP) is 1.84. The van der Waals surface area contributed by atoms with Gasteiger partial charge in [0.05, 0.1) is 12.7 Å². The summed E-state index contributed by atoms with van der Waals surface area (Å²) in [6, 6.07) is 0. The number of hydrogen-bond donors (Lipinski definition) is 0. The molecule has 0 aliphatic carbocycles. The highest BCUT2D eigenvalue weighted by atomic mass is 16.5. The van der Waals surface area contributed by atoms with Crippen LogP contribution in [-0.2, 0) is 9.53 Å². The maximum Gasteiger partial charge on any atom is 0.225 e. The van der Waals surface area contributed by atoms with E-state index in [1.54, 1.807) is 6.08 Å². The smallest absolute Gasteiger partial charge is 0.225 e. The van der Waals surface area contributed by atoms with E-state index < -0.39 is 0 Å². The molecule has 0 spiro atoms. The van der Waals surface area contributed by atoms with Crippen LogP contribution >= 0.6 is 0 Å². The Morgan fingerprint density at radius 2 is 2.40 bits per heavy atom. The average Bonchev–Trinajstić information content (AvgIpc) is 2.25. The summed E-state index contributed by atoms with van der Waals surface area (Å²) in [6.45, 7) is 9.70. The van der Waals surface area contributed by atoms with Crippen molar-refractivity contribution in [3.05, 3.63) is 12.7 Å². The zero-order valence-electron chi connectivity index (χ0n) is 9.74.